The minimum Gasteiger partial charge on any atom is -0.387 e. The Morgan fingerprint density at radius 1 is 1.30 bits per heavy atom. The van der Waals surface area contributed by atoms with Gasteiger partial charge in [0.1, 0.15) is 0 Å². The van der Waals surface area contributed by atoms with Gasteiger partial charge in [0.2, 0.25) is 0 Å². The number of carbonyl (C=O) groups is 1. The number of anilines is 1. The number of fused-ring (bicyclic) bond motifs is 1. The predicted octanol–water partition coefficient (Wildman–Crippen LogP) is 1.99. The van der Waals surface area contributed by atoms with Crippen LogP contribution < -0.4 is 10.6 Å². The highest BCUT2D eigenvalue weighted by molar-refractivity contribution is 6.00. The lowest BCUT2D eigenvalue weighted by Gasteiger charge is -2.32. The van der Waals surface area contributed by atoms with Gasteiger partial charge in [-0.3, -0.25) is 19.8 Å². The fourth-order valence-electron chi connectivity index (χ4n) is 3.71. The van der Waals surface area contributed by atoms with Crippen LogP contribution in [0.15, 0.2) is 18.2 Å². The summed E-state index contributed by atoms with van der Waals surface area (Å²) in [5.41, 5.74) is 0.863. The lowest BCUT2D eigenvalue weighted by Crippen LogP contribution is -2.46. The monoisotopic (exact) mass is 318 g/mol. The first kappa shape index (κ1) is 15.7. The van der Waals surface area contributed by atoms with Crippen LogP contribution in [0.2, 0.25) is 0 Å². The number of nitrogens with zero attached hydrogens (tertiary/aromatic N) is 2. The van der Waals surface area contributed by atoms with Crippen molar-refractivity contribution in [3.05, 3.63) is 33.9 Å². The van der Waals surface area contributed by atoms with Crippen LogP contribution >= 0.6 is 0 Å². The van der Waals surface area contributed by atoms with Crippen molar-refractivity contribution in [1.82, 2.24) is 10.2 Å². The Balaban J connectivity index is 1.77. The molecule has 2 atom stereocenters. The standard InChI is InChI=1S/C16H22N4O3/c1-17-13-6-5-11(20(22)23)10-12(13)16(21)18-14-7-9-19-8-3-2-4-15(14)19/h5-6,10,14-15,17H,2-4,7-9H2,1H3,(H,18,21). The van der Waals surface area contributed by atoms with Crippen LogP contribution in [0.3, 0.4) is 0 Å². The van der Waals surface area contributed by atoms with Gasteiger partial charge in [0.15, 0.2) is 0 Å². The van der Waals surface area contributed by atoms with Gasteiger partial charge in [0, 0.05) is 43.5 Å². The lowest BCUT2D eigenvalue weighted by atomic mass is 9.98. The minimum absolute atomic E-state index is 0.0696. The van der Waals surface area contributed by atoms with Crippen molar-refractivity contribution in [2.75, 3.05) is 25.5 Å². The van der Waals surface area contributed by atoms with E-state index >= 15 is 0 Å². The first-order valence-electron chi connectivity index (χ1n) is 8.11. The maximum Gasteiger partial charge on any atom is 0.270 e. The number of piperidine rings is 1. The van der Waals surface area contributed by atoms with Gasteiger partial charge in [-0.25, -0.2) is 0 Å². The largest absolute Gasteiger partial charge is 0.387 e. The summed E-state index contributed by atoms with van der Waals surface area (Å²) in [6.07, 6.45) is 4.48. The topological polar surface area (TPSA) is 87.5 Å². The molecule has 0 saturated carbocycles. The van der Waals surface area contributed by atoms with Crippen molar-refractivity contribution in [3.8, 4) is 0 Å². The van der Waals surface area contributed by atoms with Gasteiger partial charge in [-0.05, 0) is 31.9 Å². The van der Waals surface area contributed by atoms with Crippen molar-refractivity contribution < 1.29 is 9.72 Å². The van der Waals surface area contributed by atoms with E-state index in [1.54, 1.807) is 13.1 Å². The van der Waals surface area contributed by atoms with E-state index < -0.39 is 4.92 Å². The van der Waals surface area contributed by atoms with Crippen molar-refractivity contribution in [2.24, 2.45) is 0 Å². The third-order valence-corrected chi connectivity index (χ3v) is 4.90. The Kier molecular flexibility index (Phi) is 4.47. The molecule has 0 spiro atoms. The molecule has 124 valence electrons. The quantitative estimate of drug-likeness (QED) is 0.655. The SMILES string of the molecule is CNc1ccc([N+](=O)[O-])cc1C(=O)NC1CCN2CCCCC12. The molecule has 2 unspecified atom stereocenters. The van der Waals surface area contributed by atoms with Gasteiger partial charge in [0.05, 0.1) is 10.5 Å². The Labute approximate surface area is 135 Å². The summed E-state index contributed by atoms with van der Waals surface area (Å²) < 4.78 is 0. The second kappa shape index (κ2) is 6.54. The highest BCUT2D eigenvalue weighted by Crippen LogP contribution is 2.28. The molecule has 0 aliphatic carbocycles. The molecule has 1 aromatic rings. The maximum atomic E-state index is 12.6. The number of carbonyl (C=O) groups excluding carboxylic acids is 1. The molecule has 2 heterocycles. The molecule has 2 N–H and O–H groups in total. The van der Waals surface area contributed by atoms with Crippen LogP contribution in [0, 0.1) is 10.1 Å². The Morgan fingerprint density at radius 3 is 2.87 bits per heavy atom. The van der Waals surface area contributed by atoms with Gasteiger partial charge in [-0.2, -0.15) is 0 Å². The molecule has 1 aromatic carbocycles. The molecule has 0 bridgehead atoms. The van der Waals surface area contributed by atoms with Gasteiger partial charge in [-0.15, -0.1) is 0 Å². The fraction of sp³-hybridized carbons (Fsp3) is 0.562. The van der Waals surface area contributed by atoms with E-state index in [0.29, 0.717) is 17.3 Å². The normalized spacial score (nSPS) is 24.0. The van der Waals surface area contributed by atoms with Crippen LogP contribution in [0.4, 0.5) is 11.4 Å². The molecular weight excluding hydrogens is 296 g/mol. The van der Waals surface area contributed by atoms with Crippen LogP contribution in [-0.4, -0.2) is 48.0 Å². The molecule has 2 aliphatic rings. The molecule has 3 rings (SSSR count). The number of nitro groups is 1. The Hall–Kier alpha value is -2.15. The molecule has 1 amide bonds. The third-order valence-electron chi connectivity index (χ3n) is 4.90. The van der Waals surface area contributed by atoms with E-state index in [4.69, 9.17) is 0 Å². The zero-order valence-electron chi connectivity index (χ0n) is 13.2. The van der Waals surface area contributed by atoms with E-state index in [2.05, 4.69) is 15.5 Å². The molecule has 0 aromatic heterocycles. The van der Waals surface area contributed by atoms with E-state index in [1.165, 1.54) is 25.0 Å². The first-order chi connectivity index (χ1) is 11.1. The average Bonchev–Trinajstić information content (AvgIpc) is 2.97. The number of amides is 1. The summed E-state index contributed by atoms with van der Waals surface area (Å²) in [4.78, 5) is 25.6. The van der Waals surface area contributed by atoms with E-state index in [0.717, 1.165) is 25.9 Å². The highest BCUT2D eigenvalue weighted by atomic mass is 16.6. The summed E-state index contributed by atoms with van der Waals surface area (Å²) in [5.74, 6) is -0.240. The molecule has 7 heteroatoms. The molecule has 7 nitrogen and oxygen atoms in total. The molecule has 2 fully saturated rings. The molecule has 2 aliphatic heterocycles. The summed E-state index contributed by atoms with van der Waals surface area (Å²) in [6.45, 7) is 2.12. The van der Waals surface area contributed by atoms with E-state index in [1.807, 2.05) is 0 Å². The van der Waals surface area contributed by atoms with Crippen molar-refractivity contribution in [1.29, 1.82) is 0 Å². The van der Waals surface area contributed by atoms with Crippen LogP contribution in [0.1, 0.15) is 36.0 Å². The zero-order chi connectivity index (χ0) is 16.4. The van der Waals surface area contributed by atoms with Crippen molar-refractivity contribution in [2.45, 2.75) is 37.8 Å². The summed E-state index contributed by atoms with van der Waals surface area (Å²) in [5, 5.41) is 17.0. The fourth-order valence-corrected chi connectivity index (χ4v) is 3.71. The number of nitro benzene ring substituents is 1. The lowest BCUT2D eigenvalue weighted by molar-refractivity contribution is -0.384. The highest BCUT2D eigenvalue weighted by Gasteiger charge is 2.36. The summed E-state index contributed by atoms with van der Waals surface area (Å²) in [6, 6.07) is 4.86. The Bertz CT molecular complexity index is 619. The number of nitrogens with one attached hydrogen (secondary N) is 2. The van der Waals surface area contributed by atoms with Crippen LogP contribution in [0.25, 0.3) is 0 Å². The average molecular weight is 318 g/mol. The van der Waals surface area contributed by atoms with Crippen molar-refractivity contribution >= 4 is 17.3 Å². The van der Waals surface area contributed by atoms with E-state index in [-0.39, 0.29) is 17.6 Å². The molecule has 23 heavy (non-hydrogen) atoms. The van der Waals surface area contributed by atoms with Gasteiger partial charge in [-0.1, -0.05) is 6.42 Å². The predicted molar refractivity (Wildman–Crippen MR) is 87.7 cm³/mol. The van der Waals surface area contributed by atoms with Gasteiger partial charge in [0.25, 0.3) is 11.6 Å². The number of non-ortho nitro benzene ring substituents is 1. The smallest absolute Gasteiger partial charge is 0.270 e. The maximum absolute atomic E-state index is 12.6. The Morgan fingerprint density at radius 2 is 2.13 bits per heavy atom. The molecular formula is C16H22N4O3. The minimum atomic E-state index is -0.478. The summed E-state index contributed by atoms with van der Waals surface area (Å²) >= 11 is 0. The van der Waals surface area contributed by atoms with Crippen molar-refractivity contribution in [3.63, 3.8) is 0 Å². The molecule has 2 saturated heterocycles. The number of benzene rings is 1. The zero-order valence-corrected chi connectivity index (χ0v) is 13.2. The number of rotatable bonds is 4. The third kappa shape index (κ3) is 3.14. The van der Waals surface area contributed by atoms with Crippen LogP contribution in [0.5, 0.6) is 0 Å². The number of hydrogen-bond acceptors (Lipinski definition) is 5. The second-order valence-corrected chi connectivity index (χ2v) is 6.20. The van der Waals surface area contributed by atoms with Gasteiger partial charge < -0.3 is 10.6 Å². The first-order valence-corrected chi connectivity index (χ1v) is 8.11. The number of hydrogen-bond donors (Lipinski definition) is 2. The van der Waals surface area contributed by atoms with Crippen LogP contribution in [-0.2, 0) is 0 Å². The summed E-state index contributed by atoms with van der Waals surface area (Å²) in [7, 11) is 1.70. The van der Waals surface area contributed by atoms with E-state index in [9.17, 15) is 14.9 Å². The van der Waals surface area contributed by atoms with Gasteiger partial charge >= 0.3 is 0 Å². The second-order valence-electron chi connectivity index (χ2n) is 6.20. The molecule has 0 radical (unpaired) electrons.